The van der Waals surface area contributed by atoms with Crippen LogP contribution in [0.4, 0.5) is 70.2 Å². The van der Waals surface area contributed by atoms with Crippen molar-refractivity contribution in [2.24, 2.45) is 0 Å². The summed E-state index contributed by atoms with van der Waals surface area (Å²) in [7, 11) is 0. The number of carboxylic acid groups (broad SMARTS) is 1. The summed E-state index contributed by atoms with van der Waals surface area (Å²) < 4.78 is 232. The molecule has 0 amide bonds. The summed E-state index contributed by atoms with van der Waals surface area (Å²) in [4.78, 5) is 12.2. The Kier molecular flexibility index (Phi) is 7.96. The van der Waals surface area contributed by atoms with Crippen molar-refractivity contribution in [3.8, 4) is 0 Å². The Balaban J connectivity index is 3.77. The van der Waals surface area contributed by atoms with Crippen LogP contribution in [0.3, 0.4) is 0 Å². The molecule has 0 aliphatic carbocycles. The quantitative estimate of drug-likeness (QED) is 0.236. The number of ether oxygens (including phenoxy) is 1. The Bertz CT molecular complexity index is 1250. The molecule has 40 heavy (non-hydrogen) atoms. The van der Waals surface area contributed by atoms with Gasteiger partial charge in [0, 0.05) is 0 Å². The van der Waals surface area contributed by atoms with Crippen LogP contribution in [0.5, 0.6) is 0 Å². The first-order valence-electron chi connectivity index (χ1n) is 9.58. The highest BCUT2D eigenvalue weighted by Gasteiger charge is 2.82. The highest BCUT2D eigenvalue weighted by molar-refractivity contribution is 5.84. The van der Waals surface area contributed by atoms with Gasteiger partial charge >= 0.3 is 18.5 Å². The standard InChI is InChI=1S/C20H8F16O4/c1-16(2,39)18(15(37)38,40-20(34,35)36)17(19(31,32)33,3-5(21)9(25)13(29)10(26)6(3)22)4-7(23)11(27)14(30)12(28)8(4)24/h39H,1-2H3,(H,37,38). The first kappa shape index (κ1) is 32.9. The van der Waals surface area contributed by atoms with Crippen LogP contribution in [0, 0.1) is 58.2 Å². The van der Waals surface area contributed by atoms with Crippen LogP contribution in [0.25, 0.3) is 0 Å². The predicted octanol–water partition coefficient (Wildman–Crippen LogP) is 6.06. The lowest BCUT2D eigenvalue weighted by Gasteiger charge is -2.53. The molecule has 1 unspecified atom stereocenters. The van der Waals surface area contributed by atoms with Crippen molar-refractivity contribution < 1.29 is 90.0 Å². The van der Waals surface area contributed by atoms with E-state index in [-0.39, 0.29) is 0 Å². The zero-order chi connectivity index (χ0) is 31.7. The second kappa shape index (κ2) is 9.67. The zero-order valence-electron chi connectivity index (χ0n) is 18.8. The molecule has 2 aromatic rings. The minimum atomic E-state index is -7.60. The molecule has 0 aliphatic rings. The van der Waals surface area contributed by atoms with Crippen LogP contribution >= 0.6 is 0 Å². The molecule has 0 saturated carbocycles. The lowest BCUT2D eigenvalue weighted by atomic mass is 9.56. The average Bonchev–Trinajstić information content (AvgIpc) is 2.79. The fourth-order valence-electron chi connectivity index (χ4n) is 4.13. The number of alkyl halides is 6. The van der Waals surface area contributed by atoms with Gasteiger partial charge in [-0.3, -0.25) is 4.74 Å². The smallest absolute Gasteiger partial charge is 0.479 e. The summed E-state index contributed by atoms with van der Waals surface area (Å²) in [6, 6.07) is 0. The van der Waals surface area contributed by atoms with Gasteiger partial charge < -0.3 is 10.2 Å². The average molecular weight is 616 g/mol. The largest absolute Gasteiger partial charge is 0.523 e. The molecule has 0 saturated heterocycles. The van der Waals surface area contributed by atoms with Gasteiger partial charge in [-0.05, 0) is 13.8 Å². The lowest BCUT2D eigenvalue weighted by molar-refractivity contribution is -0.407. The molecule has 0 fully saturated rings. The second-order valence-corrected chi connectivity index (χ2v) is 8.23. The van der Waals surface area contributed by atoms with E-state index in [2.05, 4.69) is 4.74 Å². The van der Waals surface area contributed by atoms with E-state index in [9.17, 15) is 85.3 Å². The van der Waals surface area contributed by atoms with Crippen LogP contribution in [0.1, 0.15) is 25.0 Å². The summed E-state index contributed by atoms with van der Waals surface area (Å²) in [5.41, 5.74) is -25.5. The number of aliphatic hydroxyl groups is 1. The third-order valence-electron chi connectivity index (χ3n) is 5.55. The third-order valence-corrected chi connectivity index (χ3v) is 5.55. The van der Waals surface area contributed by atoms with Crippen molar-refractivity contribution in [1.29, 1.82) is 0 Å². The molecular weight excluding hydrogens is 608 g/mol. The van der Waals surface area contributed by atoms with E-state index in [0.29, 0.717) is 0 Å². The maximum atomic E-state index is 15.0. The monoisotopic (exact) mass is 616 g/mol. The van der Waals surface area contributed by atoms with Gasteiger partial charge in [0.2, 0.25) is 17.2 Å². The van der Waals surface area contributed by atoms with Crippen LogP contribution in [0.15, 0.2) is 0 Å². The van der Waals surface area contributed by atoms with E-state index in [1.165, 1.54) is 0 Å². The normalized spacial score (nSPS) is 14.9. The topological polar surface area (TPSA) is 66.8 Å². The minimum Gasteiger partial charge on any atom is -0.479 e. The Hall–Kier alpha value is -3.29. The summed E-state index contributed by atoms with van der Waals surface area (Å²) in [6.45, 7) is -0.823. The second-order valence-electron chi connectivity index (χ2n) is 8.23. The van der Waals surface area contributed by atoms with Crippen molar-refractivity contribution in [3.05, 3.63) is 69.3 Å². The van der Waals surface area contributed by atoms with Gasteiger partial charge in [0.05, 0.1) is 11.1 Å². The fraction of sp³-hybridized carbons (Fsp3) is 0.350. The number of carboxylic acids is 1. The fourth-order valence-corrected chi connectivity index (χ4v) is 4.13. The van der Waals surface area contributed by atoms with Gasteiger partial charge in [0.15, 0.2) is 52.0 Å². The van der Waals surface area contributed by atoms with Gasteiger partial charge in [0.25, 0.3) is 0 Å². The number of carbonyl (C=O) groups is 1. The van der Waals surface area contributed by atoms with Crippen LogP contribution in [-0.2, 0) is 14.9 Å². The molecule has 0 aromatic heterocycles. The third kappa shape index (κ3) is 4.31. The van der Waals surface area contributed by atoms with Crippen LogP contribution in [-0.4, -0.2) is 39.9 Å². The molecular formula is C20H8F16O4. The van der Waals surface area contributed by atoms with Gasteiger partial charge in [-0.2, -0.15) is 13.2 Å². The molecule has 0 bridgehead atoms. The highest BCUT2D eigenvalue weighted by Crippen LogP contribution is 2.62. The van der Waals surface area contributed by atoms with Crippen molar-refractivity contribution in [2.75, 3.05) is 0 Å². The summed E-state index contributed by atoms with van der Waals surface area (Å²) in [6.07, 6.45) is -14.5. The molecule has 4 nitrogen and oxygen atoms in total. The number of benzene rings is 2. The Morgan fingerprint density at radius 2 is 0.825 bits per heavy atom. The SMILES string of the molecule is CC(C)(O)C(OC(F)(F)F)(C(=O)O)C(c1c(F)c(F)c(F)c(F)c1F)(c1c(F)c(F)c(F)c(F)c1F)C(F)(F)F. The number of hydrogen-bond donors (Lipinski definition) is 2. The number of hydrogen-bond acceptors (Lipinski definition) is 3. The maximum absolute atomic E-state index is 15.0. The molecule has 20 heteroatoms. The number of aliphatic carboxylic acids is 1. The summed E-state index contributed by atoms with van der Waals surface area (Å²) in [5.74, 6) is -40.6. The van der Waals surface area contributed by atoms with E-state index < -0.39 is 118 Å². The Morgan fingerprint density at radius 1 is 0.575 bits per heavy atom. The predicted molar refractivity (Wildman–Crippen MR) is 93.1 cm³/mol. The van der Waals surface area contributed by atoms with Gasteiger partial charge in [-0.15, -0.1) is 13.2 Å². The van der Waals surface area contributed by atoms with Crippen LogP contribution in [0.2, 0.25) is 0 Å². The zero-order valence-corrected chi connectivity index (χ0v) is 18.8. The van der Waals surface area contributed by atoms with E-state index in [0.717, 1.165) is 0 Å². The molecule has 2 aromatic carbocycles. The van der Waals surface area contributed by atoms with Crippen molar-refractivity contribution >= 4 is 5.97 Å². The molecule has 0 aliphatic heterocycles. The van der Waals surface area contributed by atoms with Gasteiger partial charge in [0.1, 0.15) is 5.60 Å². The lowest BCUT2D eigenvalue weighted by Crippen LogP contribution is -2.76. The van der Waals surface area contributed by atoms with Crippen molar-refractivity contribution in [1.82, 2.24) is 0 Å². The van der Waals surface area contributed by atoms with Gasteiger partial charge in [-0.1, -0.05) is 0 Å². The molecule has 0 heterocycles. The first-order valence-corrected chi connectivity index (χ1v) is 9.58. The molecule has 1 atom stereocenters. The van der Waals surface area contributed by atoms with E-state index in [1.54, 1.807) is 0 Å². The molecule has 0 radical (unpaired) electrons. The summed E-state index contributed by atoms with van der Waals surface area (Å²) >= 11 is 0. The molecule has 224 valence electrons. The number of rotatable bonds is 6. The minimum absolute atomic E-state index is 0.411. The first-order chi connectivity index (χ1) is 17.8. The number of halogens is 16. The van der Waals surface area contributed by atoms with Gasteiger partial charge in [-0.25, -0.2) is 48.7 Å². The molecule has 2 N–H and O–H groups in total. The van der Waals surface area contributed by atoms with Crippen molar-refractivity contribution in [2.45, 2.75) is 43.0 Å². The van der Waals surface area contributed by atoms with E-state index in [1.807, 2.05) is 0 Å². The summed E-state index contributed by atoms with van der Waals surface area (Å²) in [5, 5.41) is 19.9. The van der Waals surface area contributed by atoms with E-state index >= 15 is 0 Å². The molecule has 2 rings (SSSR count). The van der Waals surface area contributed by atoms with Crippen LogP contribution < -0.4 is 0 Å². The van der Waals surface area contributed by atoms with E-state index in [4.69, 9.17) is 0 Å². The molecule has 0 spiro atoms. The van der Waals surface area contributed by atoms with Crippen molar-refractivity contribution in [3.63, 3.8) is 0 Å². The Labute approximate surface area is 209 Å². The maximum Gasteiger partial charge on any atom is 0.523 e. The highest BCUT2D eigenvalue weighted by atomic mass is 19.4. The Morgan fingerprint density at radius 3 is 1.00 bits per heavy atom.